The number of aromatic nitrogens is 1. The molecule has 0 bridgehead atoms. The summed E-state index contributed by atoms with van der Waals surface area (Å²) in [6, 6.07) is 9.82. The fourth-order valence-corrected chi connectivity index (χ4v) is 3.75. The van der Waals surface area contributed by atoms with Gasteiger partial charge in [0.25, 0.3) is 11.8 Å². The first-order valence-electron chi connectivity index (χ1n) is 8.63. The van der Waals surface area contributed by atoms with Crippen molar-refractivity contribution in [2.24, 2.45) is 10.7 Å². The summed E-state index contributed by atoms with van der Waals surface area (Å²) >= 11 is 13.5. The van der Waals surface area contributed by atoms with Crippen molar-refractivity contribution >= 4 is 46.4 Å². The van der Waals surface area contributed by atoms with Crippen LogP contribution in [0.5, 0.6) is 11.5 Å². The van der Waals surface area contributed by atoms with Crippen LogP contribution in [0.4, 0.5) is 0 Å². The molecule has 10 heteroatoms. The van der Waals surface area contributed by atoms with Gasteiger partial charge in [0.15, 0.2) is 22.9 Å². The number of primary amides is 1. The summed E-state index contributed by atoms with van der Waals surface area (Å²) in [5, 5.41) is 2.92. The molecule has 0 aliphatic carbocycles. The molecule has 7 nitrogen and oxygen atoms in total. The summed E-state index contributed by atoms with van der Waals surface area (Å²) in [6.07, 6.45) is 1.82. The molecule has 0 aliphatic heterocycles. The van der Waals surface area contributed by atoms with Gasteiger partial charge in [0.05, 0.1) is 13.7 Å². The zero-order chi connectivity index (χ0) is 21.7. The van der Waals surface area contributed by atoms with Crippen LogP contribution in [0.1, 0.15) is 15.9 Å². The number of hydrogen-bond donors (Lipinski definition) is 1. The van der Waals surface area contributed by atoms with E-state index in [4.69, 9.17) is 38.4 Å². The van der Waals surface area contributed by atoms with Gasteiger partial charge in [-0.2, -0.15) is 4.99 Å². The summed E-state index contributed by atoms with van der Waals surface area (Å²) in [5.41, 5.74) is 6.24. The van der Waals surface area contributed by atoms with Crippen LogP contribution in [0.2, 0.25) is 10.0 Å². The molecule has 1 heterocycles. The van der Waals surface area contributed by atoms with Gasteiger partial charge >= 0.3 is 0 Å². The molecule has 2 N–H and O–H groups in total. The zero-order valence-electron chi connectivity index (χ0n) is 15.8. The van der Waals surface area contributed by atoms with Gasteiger partial charge in [0.1, 0.15) is 0 Å². The summed E-state index contributed by atoms with van der Waals surface area (Å²) < 4.78 is 12.3. The van der Waals surface area contributed by atoms with E-state index in [1.165, 1.54) is 30.6 Å². The molecule has 3 aromatic rings. The number of rotatable bonds is 7. The molecule has 30 heavy (non-hydrogen) atoms. The van der Waals surface area contributed by atoms with Crippen LogP contribution in [-0.2, 0) is 11.3 Å². The Morgan fingerprint density at radius 3 is 2.67 bits per heavy atom. The molecule has 0 radical (unpaired) electrons. The Bertz CT molecular complexity index is 1160. The monoisotopic (exact) mass is 465 g/mol. The third kappa shape index (κ3) is 5.41. The maximum absolute atomic E-state index is 12.7. The Labute approximate surface area is 186 Å². The minimum atomic E-state index is -0.616. The van der Waals surface area contributed by atoms with Crippen molar-refractivity contribution in [3.8, 4) is 11.5 Å². The summed E-state index contributed by atoms with van der Waals surface area (Å²) in [4.78, 5) is 28.3. The number of carbonyl (C=O) groups is 2. The van der Waals surface area contributed by atoms with Gasteiger partial charge in [-0.1, -0.05) is 29.3 Å². The number of benzene rings is 2. The fourth-order valence-electron chi connectivity index (χ4n) is 2.56. The number of halogens is 2. The predicted octanol–water partition coefficient (Wildman–Crippen LogP) is 3.52. The third-order valence-corrected chi connectivity index (χ3v) is 5.37. The van der Waals surface area contributed by atoms with Gasteiger partial charge < -0.3 is 19.8 Å². The lowest BCUT2D eigenvalue weighted by molar-refractivity contribution is -0.119. The quantitative estimate of drug-likeness (QED) is 0.577. The van der Waals surface area contributed by atoms with E-state index in [1.54, 1.807) is 18.2 Å². The molecule has 3 rings (SSSR count). The van der Waals surface area contributed by atoms with Crippen LogP contribution >= 0.6 is 34.5 Å². The van der Waals surface area contributed by atoms with E-state index in [-0.39, 0.29) is 6.61 Å². The number of amides is 2. The smallest absolute Gasteiger partial charge is 0.279 e. The van der Waals surface area contributed by atoms with Crippen molar-refractivity contribution in [2.45, 2.75) is 6.54 Å². The largest absolute Gasteiger partial charge is 0.493 e. The first kappa shape index (κ1) is 21.9. The van der Waals surface area contributed by atoms with Gasteiger partial charge in [-0.25, -0.2) is 0 Å². The van der Waals surface area contributed by atoms with E-state index >= 15 is 0 Å². The molecule has 0 spiro atoms. The third-order valence-electron chi connectivity index (χ3n) is 3.99. The number of methoxy groups -OCH3 is 1. The van der Waals surface area contributed by atoms with Crippen molar-refractivity contribution < 1.29 is 19.1 Å². The number of nitrogens with two attached hydrogens (primary N) is 1. The molecule has 0 unspecified atom stereocenters. The van der Waals surface area contributed by atoms with Crippen molar-refractivity contribution in [3.63, 3.8) is 0 Å². The fraction of sp³-hybridized carbons (Fsp3) is 0.150. The molecular formula is C20H17Cl2N3O4S. The number of hydrogen-bond acceptors (Lipinski definition) is 5. The van der Waals surface area contributed by atoms with Crippen LogP contribution in [0, 0.1) is 0 Å². The Balaban J connectivity index is 1.85. The normalized spacial score (nSPS) is 11.4. The van der Waals surface area contributed by atoms with E-state index in [1.807, 2.05) is 22.2 Å². The highest BCUT2D eigenvalue weighted by Gasteiger charge is 2.12. The number of carbonyl (C=O) groups excluding carboxylic acids is 2. The minimum Gasteiger partial charge on any atom is -0.493 e. The lowest BCUT2D eigenvalue weighted by Gasteiger charge is -2.10. The number of nitrogens with zero attached hydrogens (tertiary/aromatic N) is 2. The van der Waals surface area contributed by atoms with Crippen LogP contribution < -0.4 is 20.0 Å². The minimum absolute atomic E-state index is 0.295. The van der Waals surface area contributed by atoms with E-state index in [9.17, 15) is 9.59 Å². The second-order valence-corrected chi connectivity index (χ2v) is 7.80. The topological polar surface area (TPSA) is 95.9 Å². The lowest BCUT2D eigenvalue weighted by atomic mass is 10.2. The van der Waals surface area contributed by atoms with Crippen LogP contribution in [0.25, 0.3) is 0 Å². The van der Waals surface area contributed by atoms with Crippen molar-refractivity contribution in [1.29, 1.82) is 0 Å². The van der Waals surface area contributed by atoms with Crippen LogP contribution in [-0.4, -0.2) is 30.1 Å². The molecule has 0 saturated heterocycles. The predicted molar refractivity (Wildman–Crippen MR) is 115 cm³/mol. The summed E-state index contributed by atoms with van der Waals surface area (Å²) in [6.45, 7) is 0.144. The molecule has 2 amide bonds. The highest BCUT2D eigenvalue weighted by atomic mass is 35.5. The number of thiazole rings is 1. The van der Waals surface area contributed by atoms with E-state index in [2.05, 4.69) is 4.99 Å². The Morgan fingerprint density at radius 1 is 1.17 bits per heavy atom. The molecule has 0 fully saturated rings. The summed E-state index contributed by atoms with van der Waals surface area (Å²) in [5.74, 6) is -0.468. The van der Waals surface area contributed by atoms with Gasteiger partial charge in [-0.3, -0.25) is 9.59 Å². The van der Waals surface area contributed by atoms with Crippen LogP contribution in [0.15, 0.2) is 53.0 Å². The van der Waals surface area contributed by atoms with E-state index in [0.717, 1.165) is 5.56 Å². The second kappa shape index (κ2) is 9.80. The Morgan fingerprint density at radius 2 is 1.97 bits per heavy atom. The summed E-state index contributed by atoms with van der Waals surface area (Å²) in [7, 11) is 1.43. The standard InChI is InChI=1S/C20H17Cl2N3O4S/c1-28-17-8-12(3-5-16(17)29-11-18(23)26)19(27)24-20-25(6-7-30-20)10-13-2-4-14(21)9-15(13)22/h2-9H,10-11H2,1H3,(H2,23,26). The first-order chi connectivity index (χ1) is 14.4. The van der Waals surface area contributed by atoms with Crippen molar-refractivity contribution in [1.82, 2.24) is 4.57 Å². The second-order valence-electron chi connectivity index (χ2n) is 6.09. The molecule has 0 aliphatic rings. The highest BCUT2D eigenvalue weighted by Crippen LogP contribution is 2.28. The number of ether oxygens (including phenoxy) is 2. The van der Waals surface area contributed by atoms with E-state index < -0.39 is 11.8 Å². The molecule has 0 saturated carbocycles. The zero-order valence-corrected chi connectivity index (χ0v) is 18.1. The van der Waals surface area contributed by atoms with Gasteiger partial charge in [-0.05, 0) is 35.9 Å². The Kier molecular flexibility index (Phi) is 7.15. The SMILES string of the molecule is COc1cc(C(=O)N=c2sccn2Cc2ccc(Cl)cc2Cl)ccc1OCC(N)=O. The van der Waals surface area contributed by atoms with Crippen molar-refractivity contribution in [3.05, 3.63) is 73.9 Å². The average molecular weight is 466 g/mol. The molecule has 2 aromatic carbocycles. The average Bonchev–Trinajstić information content (AvgIpc) is 3.14. The molecule has 0 atom stereocenters. The molecule has 156 valence electrons. The van der Waals surface area contributed by atoms with Crippen LogP contribution in [0.3, 0.4) is 0 Å². The lowest BCUT2D eigenvalue weighted by Crippen LogP contribution is -2.20. The maximum Gasteiger partial charge on any atom is 0.279 e. The first-order valence-corrected chi connectivity index (χ1v) is 10.3. The van der Waals surface area contributed by atoms with Gasteiger partial charge in [-0.15, -0.1) is 11.3 Å². The maximum atomic E-state index is 12.7. The molecule has 1 aromatic heterocycles. The highest BCUT2D eigenvalue weighted by molar-refractivity contribution is 7.07. The molecular weight excluding hydrogens is 449 g/mol. The van der Waals surface area contributed by atoms with Gasteiger partial charge in [0.2, 0.25) is 0 Å². The van der Waals surface area contributed by atoms with Crippen molar-refractivity contribution in [2.75, 3.05) is 13.7 Å². The van der Waals surface area contributed by atoms with E-state index in [0.29, 0.717) is 38.5 Å². The Hall–Kier alpha value is -2.81. The van der Waals surface area contributed by atoms with Gasteiger partial charge in [0, 0.05) is 27.2 Å².